The van der Waals surface area contributed by atoms with E-state index in [1.54, 1.807) is 30.5 Å². The molecule has 0 spiro atoms. The highest BCUT2D eigenvalue weighted by Gasteiger charge is 2.54. The van der Waals surface area contributed by atoms with Crippen LogP contribution in [0.2, 0.25) is 0 Å². The highest BCUT2D eigenvalue weighted by molar-refractivity contribution is 7.86. The monoisotopic (exact) mass is 359 g/mol. The molecule has 4 rings (SSSR count). The molecule has 1 aromatic carbocycles. The predicted molar refractivity (Wildman–Crippen MR) is 94.9 cm³/mol. The van der Waals surface area contributed by atoms with Crippen LogP contribution in [-0.4, -0.2) is 38.3 Å². The average Bonchev–Trinajstić information content (AvgIpc) is 3.13. The quantitative estimate of drug-likeness (QED) is 0.842. The Morgan fingerprint density at radius 2 is 1.96 bits per heavy atom. The van der Waals surface area contributed by atoms with Gasteiger partial charge in [-0.15, -0.1) is 0 Å². The van der Waals surface area contributed by atoms with Crippen LogP contribution in [0.1, 0.15) is 17.7 Å². The molecule has 7 heteroatoms. The van der Waals surface area contributed by atoms with Crippen LogP contribution >= 0.6 is 0 Å². The summed E-state index contributed by atoms with van der Waals surface area (Å²) >= 11 is 0. The summed E-state index contributed by atoms with van der Waals surface area (Å²) in [5, 5.41) is 3.34. The van der Waals surface area contributed by atoms with E-state index < -0.39 is 15.8 Å². The molecule has 1 aromatic heterocycles. The smallest absolute Gasteiger partial charge is 0.299 e. The van der Waals surface area contributed by atoms with Crippen LogP contribution in [0, 0.1) is 13.8 Å². The van der Waals surface area contributed by atoms with Crippen LogP contribution in [-0.2, 0) is 14.3 Å². The summed E-state index contributed by atoms with van der Waals surface area (Å²) in [6.45, 7) is 5.02. The summed E-state index contributed by atoms with van der Waals surface area (Å²) in [6, 6.07) is 10.8. The standard InChI is InChI=1S/C18H21N3O3S/c1-13-3-7-17(8-4-13)25(22,23)24-18-9-15(20-12-18)11-21(18)16-6-5-14(2)19-10-16/h3-8,10,15,20H,9,11-12H2,1-2H3/t15-,18-/m0/s1. The number of anilines is 1. The third kappa shape index (κ3) is 2.92. The van der Waals surface area contributed by atoms with Gasteiger partial charge in [-0.25, -0.2) is 4.18 Å². The summed E-state index contributed by atoms with van der Waals surface area (Å²) in [6.07, 6.45) is 2.41. The number of piperazine rings is 1. The molecule has 0 radical (unpaired) electrons. The first-order chi connectivity index (χ1) is 11.9. The van der Waals surface area contributed by atoms with Gasteiger partial charge in [0.25, 0.3) is 10.1 Å². The third-order valence-corrected chi connectivity index (χ3v) is 6.29. The number of fused-ring (bicyclic) bond motifs is 2. The number of aryl methyl sites for hydroxylation is 2. The molecule has 2 aliphatic rings. The first kappa shape index (κ1) is 16.5. The van der Waals surface area contributed by atoms with E-state index in [9.17, 15) is 8.42 Å². The fourth-order valence-corrected chi connectivity index (χ4v) is 4.77. The number of hydrogen-bond donors (Lipinski definition) is 1. The minimum Gasteiger partial charge on any atom is -0.339 e. The van der Waals surface area contributed by atoms with E-state index in [0.29, 0.717) is 19.5 Å². The van der Waals surface area contributed by atoms with Gasteiger partial charge in [-0.3, -0.25) is 4.98 Å². The van der Waals surface area contributed by atoms with Crippen LogP contribution in [0.15, 0.2) is 47.5 Å². The van der Waals surface area contributed by atoms with E-state index in [1.165, 1.54) is 0 Å². The lowest BCUT2D eigenvalue weighted by atomic mass is 10.2. The Morgan fingerprint density at radius 3 is 2.60 bits per heavy atom. The van der Waals surface area contributed by atoms with Crippen molar-refractivity contribution in [1.29, 1.82) is 0 Å². The maximum absolute atomic E-state index is 12.8. The maximum Gasteiger partial charge on any atom is 0.299 e. The molecular formula is C18H21N3O3S. The minimum atomic E-state index is -3.86. The van der Waals surface area contributed by atoms with Crippen molar-refractivity contribution in [2.45, 2.75) is 36.9 Å². The van der Waals surface area contributed by atoms with Gasteiger partial charge in [0, 0.05) is 31.2 Å². The first-order valence-corrected chi connectivity index (χ1v) is 9.75. The van der Waals surface area contributed by atoms with Crippen molar-refractivity contribution < 1.29 is 12.6 Å². The SMILES string of the molecule is Cc1ccc(S(=O)(=O)O[C@@]23CN[C@H](CN2c2ccc(C)nc2)C3)cc1. The fourth-order valence-electron chi connectivity index (χ4n) is 3.58. The molecule has 2 saturated heterocycles. The van der Waals surface area contributed by atoms with Crippen LogP contribution in [0.25, 0.3) is 0 Å². The highest BCUT2D eigenvalue weighted by Crippen LogP contribution is 2.40. The molecule has 0 unspecified atom stereocenters. The fraction of sp³-hybridized carbons (Fsp3) is 0.389. The molecule has 0 aliphatic carbocycles. The van der Waals surface area contributed by atoms with E-state index in [0.717, 1.165) is 16.9 Å². The van der Waals surface area contributed by atoms with Gasteiger partial charge in [-0.1, -0.05) is 17.7 Å². The van der Waals surface area contributed by atoms with E-state index in [-0.39, 0.29) is 10.9 Å². The molecule has 132 valence electrons. The zero-order valence-electron chi connectivity index (χ0n) is 14.3. The largest absolute Gasteiger partial charge is 0.339 e. The maximum atomic E-state index is 12.8. The Hall–Kier alpha value is -1.96. The molecule has 2 aromatic rings. The lowest BCUT2D eigenvalue weighted by Crippen LogP contribution is -2.55. The molecule has 6 nitrogen and oxygen atoms in total. The van der Waals surface area contributed by atoms with Gasteiger partial charge in [-0.2, -0.15) is 8.42 Å². The lowest BCUT2D eigenvalue weighted by Gasteiger charge is -2.39. The lowest BCUT2D eigenvalue weighted by molar-refractivity contribution is 0.105. The zero-order chi connectivity index (χ0) is 17.7. The van der Waals surface area contributed by atoms with E-state index >= 15 is 0 Å². The molecule has 2 atom stereocenters. The number of pyridine rings is 1. The van der Waals surface area contributed by atoms with E-state index in [4.69, 9.17) is 4.18 Å². The summed E-state index contributed by atoms with van der Waals surface area (Å²) in [5.74, 6) is 0. The molecular weight excluding hydrogens is 338 g/mol. The highest BCUT2D eigenvalue weighted by atomic mass is 32.2. The van der Waals surface area contributed by atoms with Crippen molar-refractivity contribution in [3.05, 3.63) is 53.9 Å². The Balaban J connectivity index is 1.67. The molecule has 2 fully saturated rings. The second-order valence-electron chi connectivity index (χ2n) is 6.85. The first-order valence-electron chi connectivity index (χ1n) is 8.34. The summed E-state index contributed by atoms with van der Waals surface area (Å²) in [4.78, 5) is 6.54. The van der Waals surface area contributed by atoms with Gasteiger partial charge < -0.3 is 10.2 Å². The molecule has 25 heavy (non-hydrogen) atoms. The summed E-state index contributed by atoms with van der Waals surface area (Å²) in [7, 11) is -3.86. The van der Waals surface area contributed by atoms with Crippen LogP contribution in [0.5, 0.6) is 0 Å². The number of aromatic nitrogens is 1. The third-order valence-electron chi connectivity index (χ3n) is 4.91. The topological polar surface area (TPSA) is 71.5 Å². The number of hydrogen-bond acceptors (Lipinski definition) is 6. The molecule has 2 aliphatic heterocycles. The number of nitrogens with one attached hydrogen (secondary N) is 1. The Bertz CT molecular complexity index is 881. The van der Waals surface area contributed by atoms with Crippen molar-refractivity contribution in [2.24, 2.45) is 0 Å². The molecule has 0 saturated carbocycles. The summed E-state index contributed by atoms with van der Waals surface area (Å²) < 4.78 is 31.4. The molecule has 2 bridgehead atoms. The zero-order valence-corrected chi connectivity index (χ0v) is 15.1. The Kier molecular flexibility index (Phi) is 3.82. The van der Waals surface area contributed by atoms with Gasteiger partial charge in [0.15, 0.2) is 5.72 Å². The van der Waals surface area contributed by atoms with Crippen molar-refractivity contribution in [3.63, 3.8) is 0 Å². The minimum absolute atomic E-state index is 0.185. The van der Waals surface area contributed by atoms with Crippen molar-refractivity contribution in [1.82, 2.24) is 10.3 Å². The number of benzene rings is 1. The van der Waals surface area contributed by atoms with E-state index in [2.05, 4.69) is 10.3 Å². The second-order valence-corrected chi connectivity index (χ2v) is 8.39. The van der Waals surface area contributed by atoms with Crippen molar-refractivity contribution >= 4 is 15.8 Å². The van der Waals surface area contributed by atoms with Crippen molar-refractivity contribution in [2.75, 3.05) is 18.0 Å². The molecule has 1 N–H and O–H groups in total. The van der Waals surface area contributed by atoms with Crippen molar-refractivity contribution in [3.8, 4) is 0 Å². The normalized spacial score (nSPS) is 25.5. The summed E-state index contributed by atoms with van der Waals surface area (Å²) in [5.41, 5.74) is 1.92. The van der Waals surface area contributed by atoms with Crippen LogP contribution in [0.3, 0.4) is 0 Å². The van der Waals surface area contributed by atoms with Gasteiger partial charge >= 0.3 is 0 Å². The predicted octanol–water partition coefficient (Wildman–Crippen LogP) is 1.98. The van der Waals surface area contributed by atoms with Gasteiger partial charge in [0.05, 0.1) is 16.8 Å². The van der Waals surface area contributed by atoms with Crippen LogP contribution < -0.4 is 10.2 Å². The average molecular weight is 359 g/mol. The Morgan fingerprint density at radius 1 is 1.20 bits per heavy atom. The second kappa shape index (κ2) is 5.79. The van der Waals surface area contributed by atoms with Crippen LogP contribution in [0.4, 0.5) is 5.69 Å². The van der Waals surface area contributed by atoms with E-state index in [1.807, 2.05) is 30.9 Å². The van der Waals surface area contributed by atoms with Gasteiger partial charge in [-0.05, 0) is 38.1 Å². The molecule has 0 amide bonds. The molecule has 3 heterocycles. The van der Waals surface area contributed by atoms with Gasteiger partial charge in [0.1, 0.15) is 0 Å². The Labute approximate surface area is 148 Å². The van der Waals surface area contributed by atoms with Gasteiger partial charge in [0.2, 0.25) is 0 Å². The number of nitrogens with zero attached hydrogens (tertiary/aromatic N) is 2. The number of rotatable bonds is 4.